The molecule has 1 atom stereocenters. The van der Waals surface area contributed by atoms with Gasteiger partial charge in [0, 0.05) is 19.0 Å². The lowest BCUT2D eigenvalue weighted by Crippen LogP contribution is -2.35. The number of carbonyl (C=O) groups excluding carboxylic acids is 1. The number of hydrogen-bond donors (Lipinski definition) is 0. The van der Waals surface area contributed by atoms with Crippen LogP contribution < -0.4 is 0 Å². The van der Waals surface area contributed by atoms with Crippen molar-refractivity contribution in [2.24, 2.45) is 5.16 Å². The van der Waals surface area contributed by atoms with Gasteiger partial charge in [0.25, 0.3) is 5.91 Å². The van der Waals surface area contributed by atoms with E-state index in [0.717, 1.165) is 11.3 Å². The summed E-state index contributed by atoms with van der Waals surface area (Å²) >= 11 is 11.9. The average molecular weight is 381 g/mol. The second-order valence-corrected chi connectivity index (χ2v) is 6.58. The minimum absolute atomic E-state index is 0.0358. The monoisotopic (exact) mass is 380 g/mol. The van der Waals surface area contributed by atoms with Crippen molar-refractivity contribution in [2.75, 3.05) is 13.6 Å². The number of amides is 1. The summed E-state index contributed by atoms with van der Waals surface area (Å²) in [5, 5.41) is 4.97. The van der Waals surface area contributed by atoms with Gasteiger partial charge in [-0.2, -0.15) is 0 Å². The molecule has 1 heterocycles. The molecule has 0 aliphatic carbocycles. The van der Waals surface area contributed by atoms with Crippen molar-refractivity contribution in [1.29, 1.82) is 0 Å². The number of carbonyl (C=O) groups is 1. The van der Waals surface area contributed by atoms with Crippen molar-refractivity contribution >= 4 is 34.8 Å². The van der Waals surface area contributed by atoms with E-state index >= 15 is 0 Å². The van der Waals surface area contributed by atoms with Gasteiger partial charge in [-0.05, 0) is 24.3 Å². The van der Waals surface area contributed by atoms with Crippen LogP contribution in [0.3, 0.4) is 0 Å². The molecule has 0 radical (unpaired) electrons. The zero-order valence-electron chi connectivity index (χ0n) is 13.4. The van der Waals surface area contributed by atoms with Crippen molar-refractivity contribution < 1.29 is 14.0 Å². The lowest BCUT2D eigenvalue weighted by atomic mass is 10.0. The smallest absolute Gasteiger partial charge is 0.256 e. The molecule has 0 saturated heterocycles. The van der Waals surface area contributed by atoms with E-state index in [2.05, 4.69) is 5.16 Å². The Balaban J connectivity index is 1.63. The Kier molecular flexibility index (Phi) is 5.25. The van der Waals surface area contributed by atoms with E-state index in [0.29, 0.717) is 23.0 Å². The molecular formula is C18H15Cl2FN2O2. The van der Waals surface area contributed by atoms with Crippen LogP contribution in [0, 0.1) is 5.82 Å². The van der Waals surface area contributed by atoms with Gasteiger partial charge in [0.05, 0.1) is 27.9 Å². The average Bonchev–Trinajstić information content (AvgIpc) is 3.05. The van der Waals surface area contributed by atoms with Gasteiger partial charge in [0.2, 0.25) is 0 Å². The van der Waals surface area contributed by atoms with Gasteiger partial charge in [-0.3, -0.25) is 4.79 Å². The van der Waals surface area contributed by atoms with E-state index in [1.165, 1.54) is 17.0 Å². The summed E-state index contributed by atoms with van der Waals surface area (Å²) < 4.78 is 13.7. The van der Waals surface area contributed by atoms with Gasteiger partial charge in [-0.15, -0.1) is 0 Å². The Bertz CT molecular complexity index is 842. The third kappa shape index (κ3) is 3.94. The molecule has 0 unspecified atom stereocenters. The zero-order valence-corrected chi connectivity index (χ0v) is 14.9. The Labute approximate surface area is 154 Å². The minimum Gasteiger partial charge on any atom is -0.390 e. The standard InChI is InChI=1S/C18H15Cl2FN2O2/c1-23(18(24)13-4-2-3-5-16(13)21)10-12-9-17(22-25-12)11-6-7-14(19)15(20)8-11/h2-8,12H,9-10H2,1H3/t12-/m0/s1. The highest BCUT2D eigenvalue weighted by molar-refractivity contribution is 6.42. The summed E-state index contributed by atoms with van der Waals surface area (Å²) in [5.74, 6) is -0.941. The SMILES string of the molecule is CN(C[C@@H]1CC(c2ccc(Cl)c(Cl)c2)=NO1)C(=O)c1ccccc1F. The van der Waals surface area contributed by atoms with Crippen LogP contribution in [0.5, 0.6) is 0 Å². The molecule has 0 fully saturated rings. The number of halogens is 3. The first kappa shape index (κ1) is 17.7. The summed E-state index contributed by atoms with van der Waals surface area (Å²) in [7, 11) is 1.61. The molecular weight excluding hydrogens is 366 g/mol. The van der Waals surface area contributed by atoms with Crippen LogP contribution in [0.15, 0.2) is 47.6 Å². The number of oxime groups is 1. The van der Waals surface area contributed by atoms with E-state index in [1.807, 2.05) is 6.07 Å². The van der Waals surface area contributed by atoms with Gasteiger partial charge in [0.15, 0.2) is 6.10 Å². The van der Waals surface area contributed by atoms with Gasteiger partial charge < -0.3 is 9.74 Å². The van der Waals surface area contributed by atoms with Crippen LogP contribution in [0.25, 0.3) is 0 Å². The van der Waals surface area contributed by atoms with Crippen LogP contribution in [0.4, 0.5) is 4.39 Å². The zero-order chi connectivity index (χ0) is 18.0. The molecule has 0 aromatic heterocycles. The molecule has 0 saturated carbocycles. The molecule has 0 spiro atoms. The molecule has 4 nitrogen and oxygen atoms in total. The molecule has 7 heteroatoms. The first-order valence-electron chi connectivity index (χ1n) is 7.64. The third-order valence-electron chi connectivity index (χ3n) is 3.91. The third-order valence-corrected chi connectivity index (χ3v) is 4.65. The number of hydrogen-bond acceptors (Lipinski definition) is 3. The number of nitrogens with zero attached hydrogens (tertiary/aromatic N) is 2. The highest BCUT2D eigenvalue weighted by atomic mass is 35.5. The molecule has 1 aliphatic rings. The molecule has 2 aromatic carbocycles. The van der Waals surface area contributed by atoms with Crippen LogP contribution in [-0.4, -0.2) is 36.2 Å². The van der Waals surface area contributed by atoms with Crippen molar-refractivity contribution in [1.82, 2.24) is 4.90 Å². The molecule has 1 amide bonds. The molecule has 0 N–H and O–H groups in total. The lowest BCUT2D eigenvalue weighted by molar-refractivity contribution is 0.0479. The Morgan fingerprint density at radius 1 is 1.28 bits per heavy atom. The maximum atomic E-state index is 13.7. The summed E-state index contributed by atoms with van der Waals surface area (Å²) in [5.41, 5.74) is 1.59. The molecule has 3 rings (SSSR count). The maximum absolute atomic E-state index is 13.7. The minimum atomic E-state index is -0.542. The van der Waals surface area contributed by atoms with Crippen LogP contribution >= 0.6 is 23.2 Å². The molecule has 2 aromatic rings. The van der Waals surface area contributed by atoms with Crippen molar-refractivity contribution in [3.05, 3.63) is 69.5 Å². The topological polar surface area (TPSA) is 41.9 Å². The highest BCUT2D eigenvalue weighted by Gasteiger charge is 2.26. The maximum Gasteiger partial charge on any atom is 0.256 e. The summed E-state index contributed by atoms with van der Waals surface area (Å²) in [6.07, 6.45) is 0.220. The van der Waals surface area contributed by atoms with Gasteiger partial charge in [0.1, 0.15) is 5.82 Å². The fourth-order valence-corrected chi connectivity index (χ4v) is 2.90. The predicted octanol–water partition coefficient (Wildman–Crippen LogP) is 4.40. The number of likely N-dealkylation sites (N-methyl/N-ethyl adjacent to an activating group) is 1. The normalized spacial score (nSPS) is 16.3. The molecule has 25 heavy (non-hydrogen) atoms. The number of rotatable bonds is 4. The van der Waals surface area contributed by atoms with E-state index in [4.69, 9.17) is 28.0 Å². The number of benzene rings is 2. The van der Waals surface area contributed by atoms with E-state index < -0.39 is 11.7 Å². The fourth-order valence-electron chi connectivity index (χ4n) is 2.60. The molecule has 130 valence electrons. The Hall–Kier alpha value is -2.11. The lowest BCUT2D eigenvalue weighted by Gasteiger charge is -2.20. The molecule has 1 aliphatic heterocycles. The highest BCUT2D eigenvalue weighted by Crippen LogP contribution is 2.25. The summed E-state index contributed by atoms with van der Waals surface area (Å²) in [6, 6.07) is 11.1. The molecule has 0 bridgehead atoms. The van der Waals surface area contributed by atoms with E-state index in [-0.39, 0.29) is 11.7 Å². The largest absolute Gasteiger partial charge is 0.390 e. The van der Waals surface area contributed by atoms with Crippen LogP contribution in [-0.2, 0) is 4.84 Å². The first-order valence-corrected chi connectivity index (χ1v) is 8.39. The Morgan fingerprint density at radius 3 is 2.76 bits per heavy atom. The first-order chi connectivity index (χ1) is 12.0. The van der Waals surface area contributed by atoms with Crippen LogP contribution in [0.1, 0.15) is 22.3 Å². The van der Waals surface area contributed by atoms with Crippen LogP contribution in [0.2, 0.25) is 10.0 Å². The quantitative estimate of drug-likeness (QED) is 0.788. The van der Waals surface area contributed by atoms with Crippen molar-refractivity contribution in [2.45, 2.75) is 12.5 Å². The predicted molar refractivity (Wildman–Crippen MR) is 95.8 cm³/mol. The van der Waals surface area contributed by atoms with E-state index in [1.54, 1.807) is 31.3 Å². The second kappa shape index (κ2) is 7.42. The van der Waals surface area contributed by atoms with Gasteiger partial charge in [-0.1, -0.05) is 46.6 Å². The fraction of sp³-hybridized carbons (Fsp3) is 0.222. The van der Waals surface area contributed by atoms with E-state index in [9.17, 15) is 9.18 Å². The van der Waals surface area contributed by atoms with Crippen molar-refractivity contribution in [3.8, 4) is 0 Å². The summed E-state index contributed by atoms with van der Waals surface area (Å²) in [4.78, 5) is 19.2. The Morgan fingerprint density at radius 2 is 2.04 bits per heavy atom. The van der Waals surface area contributed by atoms with Crippen molar-refractivity contribution in [3.63, 3.8) is 0 Å². The second-order valence-electron chi connectivity index (χ2n) is 5.76. The van der Waals surface area contributed by atoms with Gasteiger partial charge >= 0.3 is 0 Å². The summed E-state index contributed by atoms with van der Waals surface area (Å²) in [6.45, 7) is 0.293. The van der Waals surface area contributed by atoms with Gasteiger partial charge in [-0.25, -0.2) is 4.39 Å².